The van der Waals surface area contributed by atoms with Crippen molar-refractivity contribution in [3.05, 3.63) is 12.2 Å². The fraction of sp³-hybridized carbons (Fsp3) is 0.918. The van der Waals surface area contributed by atoms with Gasteiger partial charge in [-0.3, -0.25) is 14.4 Å². The Bertz CT molecular complexity index is 1040. The predicted molar refractivity (Wildman–Crippen MR) is 289 cm³/mol. The first-order chi connectivity index (χ1) is 33.0. The highest BCUT2D eigenvalue weighted by Gasteiger charge is 2.19. The number of hydrogen-bond donors (Lipinski definition) is 0. The minimum atomic E-state index is -0.764. The summed E-state index contributed by atoms with van der Waals surface area (Å²) in [5, 5.41) is 0. The van der Waals surface area contributed by atoms with Gasteiger partial charge < -0.3 is 14.2 Å². The molecule has 6 nitrogen and oxygen atoms in total. The minimum Gasteiger partial charge on any atom is -0.462 e. The third-order valence-electron chi connectivity index (χ3n) is 13.8. The Morgan fingerprint density at radius 1 is 0.284 bits per heavy atom. The summed E-state index contributed by atoms with van der Waals surface area (Å²) in [5.41, 5.74) is 0. The highest BCUT2D eigenvalue weighted by atomic mass is 16.6. The summed E-state index contributed by atoms with van der Waals surface area (Å²) in [6.45, 7) is 6.69. The molecule has 0 unspecified atom stereocenters. The maximum atomic E-state index is 12.9. The lowest BCUT2D eigenvalue weighted by molar-refractivity contribution is -0.167. The van der Waals surface area contributed by atoms with Gasteiger partial charge >= 0.3 is 17.9 Å². The van der Waals surface area contributed by atoms with Crippen LogP contribution in [0.2, 0.25) is 0 Å². The molecule has 0 aliphatic carbocycles. The summed E-state index contributed by atoms with van der Waals surface area (Å²) in [6, 6.07) is 0. The van der Waals surface area contributed by atoms with Crippen molar-refractivity contribution in [2.24, 2.45) is 0 Å². The third-order valence-corrected chi connectivity index (χ3v) is 13.8. The van der Waals surface area contributed by atoms with Crippen molar-refractivity contribution in [1.82, 2.24) is 0 Å². The Hall–Kier alpha value is -1.85. The fourth-order valence-corrected chi connectivity index (χ4v) is 9.21. The second-order valence-corrected chi connectivity index (χ2v) is 20.6. The van der Waals surface area contributed by atoms with Gasteiger partial charge in [-0.05, 0) is 44.9 Å². The molecule has 1 atom stereocenters. The lowest BCUT2D eigenvalue weighted by atomic mass is 10.0. The van der Waals surface area contributed by atoms with Gasteiger partial charge in [0.2, 0.25) is 0 Å². The molecule has 0 aliphatic heterocycles. The number of carbonyl (C=O) groups is 3. The predicted octanol–water partition coefficient (Wildman–Crippen LogP) is 20.1. The Kier molecular flexibility index (Phi) is 55.2. The molecule has 0 radical (unpaired) electrons. The molecule has 396 valence electrons. The van der Waals surface area contributed by atoms with Crippen LogP contribution in [0.15, 0.2) is 12.2 Å². The molecule has 0 aliphatic rings. The number of hydrogen-bond acceptors (Lipinski definition) is 6. The molecule has 0 heterocycles. The maximum absolute atomic E-state index is 12.9. The number of ether oxygens (including phenoxy) is 3. The Labute approximate surface area is 418 Å². The largest absolute Gasteiger partial charge is 0.462 e. The Balaban J connectivity index is 4.25. The van der Waals surface area contributed by atoms with Crippen LogP contribution in [0.5, 0.6) is 0 Å². The maximum Gasteiger partial charge on any atom is 0.306 e. The number of rotatable bonds is 56. The van der Waals surface area contributed by atoms with E-state index in [1.54, 1.807) is 0 Å². The van der Waals surface area contributed by atoms with Crippen molar-refractivity contribution in [1.29, 1.82) is 0 Å². The zero-order chi connectivity index (χ0) is 48.6. The zero-order valence-electron chi connectivity index (χ0n) is 45.5. The molecule has 0 saturated heterocycles. The van der Waals surface area contributed by atoms with Gasteiger partial charge in [-0.15, -0.1) is 0 Å². The van der Waals surface area contributed by atoms with Crippen LogP contribution < -0.4 is 0 Å². The van der Waals surface area contributed by atoms with Crippen LogP contribution in [0.4, 0.5) is 0 Å². The fourth-order valence-electron chi connectivity index (χ4n) is 9.21. The summed E-state index contributed by atoms with van der Waals surface area (Å²) in [7, 11) is 0. The number of allylic oxidation sites excluding steroid dienone is 2. The van der Waals surface area contributed by atoms with E-state index in [0.717, 1.165) is 57.8 Å². The number of unbranched alkanes of at least 4 members (excludes halogenated alkanes) is 43. The van der Waals surface area contributed by atoms with Crippen molar-refractivity contribution in [2.45, 2.75) is 348 Å². The summed E-state index contributed by atoms with van der Waals surface area (Å²) in [5.74, 6) is -0.839. The van der Waals surface area contributed by atoms with Crippen LogP contribution >= 0.6 is 0 Å². The second kappa shape index (κ2) is 56.7. The SMILES string of the molecule is CCCCCCCC/C=C\CCCCCCCCCCCCCC(=O)O[C@@H](COC(=O)CCCCCCCCCCCCC)COC(=O)CCCCCCCCCCCCCCCCCCC. The summed E-state index contributed by atoms with van der Waals surface area (Å²) in [6.07, 6.45) is 64.9. The van der Waals surface area contributed by atoms with E-state index in [0.29, 0.717) is 19.3 Å². The molecule has 0 aromatic carbocycles. The van der Waals surface area contributed by atoms with Gasteiger partial charge in [0.1, 0.15) is 13.2 Å². The number of carbonyl (C=O) groups excluding carboxylic acids is 3. The van der Waals surface area contributed by atoms with Crippen LogP contribution in [-0.4, -0.2) is 37.2 Å². The van der Waals surface area contributed by atoms with Crippen LogP contribution in [0.25, 0.3) is 0 Å². The van der Waals surface area contributed by atoms with E-state index in [4.69, 9.17) is 14.2 Å². The molecular weight excluding hydrogens is 829 g/mol. The van der Waals surface area contributed by atoms with Gasteiger partial charge in [-0.1, -0.05) is 290 Å². The highest BCUT2D eigenvalue weighted by molar-refractivity contribution is 5.71. The Morgan fingerprint density at radius 3 is 0.746 bits per heavy atom. The van der Waals surface area contributed by atoms with Gasteiger partial charge in [0.05, 0.1) is 0 Å². The minimum absolute atomic E-state index is 0.0639. The third kappa shape index (κ3) is 55.0. The van der Waals surface area contributed by atoms with Crippen LogP contribution in [0.1, 0.15) is 342 Å². The van der Waals surface area contributed by atoms with E-state index >= 15 is 0 Å². The molecular formula is C61H116O6. The molecule has 67 heavy (non-hydrogen) atoms. The molecule has 0 saturated carbocycles. The zero-order valence-corrected chi connectivity index (χ0v) is 45.5. The van der Waals surface area contributed by atoms with Crippen LogP contribution in [-0.2, 0) is 28.6 Å². The number of esters is 3. The highest BCUT2D eigenvalue weighted by Crippen LogP contribution is 2.17. The van der Waals surface area contributed by atoms with Gasteiger partial charge in [-0.25, -0.2) is 0 Å². The van der Waals surface area contributed by atoms with Gasteiger partial charge in [0.25, 0.3) is 0 Å². The van der Waals surface area contributed by atoms with Crippen molar-refractivity contribution >= 4 is 17.9 Å². The Morgan fingerprint density at radius 2 is 0.493 bits per heavy atom. The van der Waals surface area contributed by atoms with E-state index in [9.17, 15) is 14.4 Å². The molecule has 0 rings (SSSR count). The molecule has 0 amide bonds. The quantitative estimate of drug-likeness (QED) is 0.0262. The van der Waals surface area contributed by atoms with E-state index in [1.807, 2.05) is 0 Å². The average Bonchev–Trinajstić information content (AvgIpc) is 3.33. The standard InChI is InChI=1S/C61H116O6/c1-4-7-10-13-16-19-22-24-26-28-29-30-31-33-35-37-40-43-46-49-52-55-61(64)67-58(56-65-59(62)53-50-47-44-41-38-21-18-15-12-9-6-3)57-66-60(63)54-51-48-45-42-39-36-34-32-27-25-23-20-17-14-11-8-5-2/h24,26,58H,4-23,25,27-57H2,1-3H3/b26-24-/t58-/m0/s1. The van der Waals surface area contributed by atoms with Crippen molar-refractivity contribution in [3.63, 3.8) is 0 Å². The van der Waals surface area contributed by atoms with Crippen molar-refractivity contribution in [3.8, 4) is 0 Å². The van der Waals surface area contributed by atoms with Crippen LogP contribution in [0, 0.1) is 0 Å². The van der Waals surface area contributed by atoms with E-state index in [-0.39, 0.29) is 31.1 Å². The second-order valence-electron chi connectivity index (χ2n) is 20.6. The van der Waals surface area contributed by atoms with E-state index < -0.39 is 6.10 Å². The molecule has 0 bridgehead atoms. The lowest BCUT2D eigenvalue weighted by Gasteiger charge is -2.18. The first kappa shape index (κ1) is 65.1. The molecule has 0 aromatic rings. The van der Waals surface area contributed by atoms with Crippen LogP contribution in [0.3, 0.4) is 0 Å². The van der Waals surface area contributed by atoms with Gasteiger partial charge in [0.15, 0.2) is 6.10 Å². The van der Waals surface area contributed by atoms with E-state index in [2.05, 4.69) is 32.9 Å². The molecule has 0 fully saturated rings. The summed E-state index contributed by atoms with van der Waals surface area (Å²) >= 11 is 0. The van der Waals surface area contributed by atoms with E-state index in [1.165, 1.54) is 244 Å². The average molecular weight is 946 g/mol. The first-order valence-electron chi connectivity index (χ1n) is 30.2. The van der Waals surface area contributed by atoms with Gasteiger partial charge in [-0.2, -0.15) is 0 Å². The molecule has 0 aromatic heterocycles. The van der Waals surface area contributed by atoms with Crippen molar-refractivity contribution < 1.29 is 28.6 Å². The topological polar surface area (TPSA) is 78.9 Å². The van der Waals surface area contributed by atoms with Crippen molar-refractivity contribution in [2.75, 3.05) is 13.2 Å². The first-order valence-corrected chi connectivity index (χ1v) is 30.2. The monoisotopic (exact) mass is 945 g/mol. The lowest BCUT2D eigenvalue weighted by Crippen LogP contribution is -2.30. The smallest absolute Gasteiger partial charge is 0.306 e. The molecule has 6 heteroatoms. The molecule has 0 N–H and O–H groups in total. The summed E-state index contributed by atoms with van der Waals surface area (Å²) in [4.78, 5) is 38.1. The summed E-state index contributed by atoms with van der Waals surface area (Å²) < 4.78 is 16.9. The molecule has 0 spiro atoms. The van der Waals surface area contributed by atoms with Gasteiger partial charge in [0, 0.05) is 19.3 Å². The normalized spacial score (nSPS) is 12.0.